The Hall–Kier alpha value is -3.29. The fourth-order valence-corrected chi connectivity index (χ4v) is 4.97. The van der Waals surface area contributed by atoms with Crippen molar-refractivity contribution in [2.75, 3.05) is 0 Å². The molecule has 164 valence electrons. The van der Waals surface area contributed by atoms with Crippen molar-refractivity contribution >= 4 is 10.0 Å². The summed E-state index contributed by atoms with van der Waals surface area (Å²) >= 11 is 0. The summed E-state index contributed by atoms with van der Waals surface area (Å²) in [4.78, 5) is 0.181. The first-order chi connectivity index (χ1) is 15.3. The van der Waals surface area contributed by atoms with Gasteiger partial charge >= 0.3 is 0 Å². The average Bonchev–Trinajstić information content (AvgIpc) is 3.23. The van der Waals surface area contributed by atoms with E-state index in [2.05, 4.69) is 11.2 Å². The van der Waals surface area contributed by atoms with Gasteiger partial charge in [0.1, 0.15) is 5.82 Å². The van der Waals surface area contributed by atoms with Crippen LogP contribution in [0, 0.1) is 19.7 Å². The van der Waals surface area contributed by atoms with E-state index in [0.29, 0.717) is 17.0 Å². The third kappa shape index (κ3) is 4.79. The van der Waals surface area contributed by atoms with E-state index in [-0.39, 0.29) is 23.8 Å². The molecular formula is C25H23FN2O3S. The Morgan fingerprint density at radius 1 is 0.906 bits per heavy atom. The quantitative estimate of drug-likeness (QED) is 0.374. The highest BCUT2D eigenvalue weighted by Crippen LogP contribution is 2.27. The van der Waals surface area contributed by atoms with Gasteiger partial charge in [-0.25, -0.2) is 12.8 Å². The topological polar surface area (TPSA) is 63.4 Å². The fraction of sp³-hybridized carbons (Fsp3) is 0.160. The Morgan fingerprint density at radius 2 is 1.62 bits per heavy atom. The number of benzene rings is 3. The first kappa shape index (κ1) is 21.9. The van der Waals surface area contributed by atoms with Crippen molar-refractivity contribution in [2.45, 2.75) is 31.8 Å². The normalized spacial score (nSPS) is 11.8. The number of nitrogens with zero attached hydrogens (tertiary/aromatic N) is 2. The number of rotatable bonds is 7. The zero-order valence-electron chi connectivity index (χ0n) is 17.8. The molecule has 0 amide bonds. The second kappa shape index (κ2) is 9.06. The van der Waals surface area contributed by atoms with Crippen LogP contribution in [0.2, 0.25) is 0 Å². The van der Waals surface area contributed by atoms with Crippen LogP contribution in [-0.4, -0.2) is 17.9 Å². The molecule has 1 aromatic heterocycles. The van der Waals surface area contributed by atoms with Gasteiger partial charge in [-0.05, 0) is 49.2 Å². The van der Waals surface area contributed by atoms with Gasteiger partial charge in [-0.15, -0.1) is 0 Å². The monoisotopic (exact) mass is 450 g/mol. The molecule has 4 aromatic rings. The molecule has 32 heavy (non-hydrogen) atoms. The van der Waals surface area contributed by atoms with Crippen molar-refractivity contribution in [2.24, 2.45) is 0 Å². The third-order valence-electron chi connectivity index (χ3n) is 5.20. The largest absolute Gasteiger partial charge is 0.356 e. The second-order valence-electron chi connectivity index (χ2n) is 7.71. The van der Waals surface area contributed by atoms with Crippen LogP contribution in [0.5, 0.6) is 0 Å². The van der Waals surface area contributed by atoms with E-state index in [1.807, 2.05) is 26.0 Å². The van der Waals surface area contributed by atoms with Crippen molar-refractivity contribution in [1.29, 1.82) is 0 Å². The Labute approximate surface area is 187 Å². The van der Waals surface area contributed by atoms with E-state index < -0.39 is 10.0 Å². The summed E-state index contributed by atoms with van der Waals surface area (Å²) in [5.41, 5.74) is 4.26. The van der Waals surface area contributed by atoms with Crippen LogP contribution in [0.4, 0.5) is 4.39 Å². The smallest absolute Gasteiger partial charge is 0.243 e. The summed E-state index contributed by atoms with van der Waals surface area (Å²) in [6.45, 7) is 4.10. The summed E-state index contributed by atoms with van der Waals surface area (Å²) in [6, 6.07) is 21.8. The van der Waals surface area contributed by atoms with E-state index >= 15 is 0 Å². The highest BCUT2D eigenvalue weighted by Gasteiger charge is 2.26. The number of aryl methyl sites for hydroxylation is 2. The predicted molar refractivity (Wildman–Crippen MR) is 121 cm³/mol. The molecule has 0 fully saturated rings. The minimum atomic E-state index is -3.82. The molecule has 0 radical (unpaired) electrons. The van der Waals surface area contributed by atoms with Crippen molar-refractivity contribution in [3.05, 3.63) is 107 Å². The van der Waals surface area contributed by atoms with Gasteiger partial charge in [0.25, 0.3) is 0 Å². The molecule has 0 saturated carbocycles. The molecule has 0 N–H and O–H groups in total. The summed E-state index contributed by atoms with van der Waals surface area (Å²) < 4.78 is 46.9. The van der Waals surface area contributed by atoms with Crippen LogP contribution in [0.1, 0.15) is 22.4 Å². The molecule has 3 aromatic carbocycles. The predicted octanol–water partition coefficient (Wildman–Crippen LogP) is 5.49. The molecule has 0 aliphatic heterocycles. The van der Waals surface area contributed by atoms with Crippen molar-refractivity contribution < 1.29 is 17.3 Å². The van der Waals surface area contributed by atoms with Crippen LogP contribution < -0.4 is 0 Å². The van der Waals surface area contributed by atoms with Gasteiger partial charge in [-0.1, -0.05) is 59.3 Å². The number of halogens is 1. The van der Waals surface area contributed by atoms with E-state index in [0.717, 1.165) is 16.7 Å². The Kier molecular flexibility index (Phi) is 6.21. The maximum Gasteiger partial charge on any atom is 0.243 e. The lowest BCUT2D eigenvalue weighted by Gasteiger charge is -2.21. The van der Waals surface area contributed by atoms with Crippen LogP contribution in [0.25, 0.3) is 11.3 Å². The van der Waals surface area contributed by atoms with Crippen LogP contribution >= 0.6 is 0 Å². The van der Waals surface area contributed by atoms with Crippen LogP contribution in [0.3, 0.4) is 0 Å². The zero-order valence-corrected chi connectivity index (χ0v) is 18.6. The molecule has 0 saturated heterocycles. The van der Waals surface area contributed by atoms with Gasteiger partial charge in [-0.3, -0.25) is 0 Å². The van der Waals surface area contributed by atoms with Gasteiger partial charge in [0.15, 0.2) is 5.76 Å². The molecular weight excluding hydrogens is 427 g/mol. The lowest BCUT2D eigenvalue weighted by atomic mass is 10.0. The van der Waals surface area contributed by atoms with Crippen molar-refractivity contribution in [1.82, 2.24) is 9.46 Å². The molecule has 0 atom stereocenters. The fourth-order valence-electron chi connectivity index (χ4n) is 3.54. The Bertz CT molecular complexity index is 1320. The summed E-state index contributed by atoms with van der Waals surface area (Å²) in [7, 11) is -3.82. The van der Waals surface area contributed by atoms with Crippen molar-refractivity contribution in [3.63, 3.8) is 0 Å². The molecule has 1 heterocycles. The minimum absolute atomic E-state index is 0.0169. The first-order valence-electron chi connectivity index (χ1n) is 10.2. The number of sulfonamides is 1. The zero-order chi connectivity index (χ0) is 22.7. The molecule has 7 heteroatoms. The van der Waals surface area contributed by atoms with E-state index in [1.54, 1.807) is 48.5 Å². The number of aromatic nitrogens is 1. The van der Waals surface area contributed by atoms with Gasteiger partial charge in [0.05, 0.1) is 17.1 Å². The van der Waals surface area contributed by atoms with Gasteiger partial charge in [0, 0.05) is 18.2 Å². The SMILES string of the molecule is Cc1ccc(-c2cc(CN(Cc3ccc(F)cc3)S(=O)(=O)c3ccccc3)no2)c(C)c1. The molecule has 0 aliphatic rings. The molecule has 5 nitrogen and oxygen atoms in total. The van der Waals surface area contributed by atoms with Crippen LogP contribution in [0.15, 0.2) is 88.3 Å². The Morgan fingerprint density at radius 3 is 2.31 bits per heavy atom. The first-order valence-corrected chi connectivity index (χ1v) is 11.6. The maximum absolute atomic E-state index is 13.4. The average molecular weight is 451 g/mol. The molecule has 0 aliphatic carbocycles. The maximum atomic E-state index is 13.4. The third-order valence-corrected chi connectivity index (χ3v) is 7.00. The van der Waals surface area contributed by atoms with E-state index in [4.69, 9.17) is 4.52 Å². The van der Waals surface area contributed by atoms with Crippen LogP contribution in [-0.2, 0) is 23.1 Å². The van der Waals surface area contributed by atoms with Gasteiger partial charge in [-0.2, -0.15) is 4.31 Å². The highest BCUT2D eigenvalue weighted by atomic mass is 32.2. The number of hydrogen-bond acceptors (Lipinski definition) is 4. The van der Waals surface area contributed by atoms with E-state index in [1.165, 1.54) is 16.4 Å². The molecule has 0 unspecified atom stereocenters. The lowest BCUT2D eigenvalue weighted by Crippen LogP contribution is -2.30. The van der Waals surface area contributed by atoms with E-state index in [9.17, 15) is 12.8 Å². The lowest BCUT2D eigenvalue weighted by molar-refractivity contribution is 0.371. The van der Waals surface area contributed by atoms with Gasteiger partial charge in [0.2, 0.25) is 10.0 Å². The second-order valence-corrected chi connectivity index (χ2v) is 9.65. The minimum Gasteiger partial charge on any atom is -0.356 e. The van der Waals surface area contributed by atoms with Gasteiger partial charge < -0.3 is 4.52 Å². The molecule has 4 rings (SSSR count). The number of hydrogen-bond donors (Lipinski definition) is 0. The summed E-state index contributed by atoms with van der Waals surface area (Å²) in [6.07, 6.45) is 0. The molecule has 0 bridgehead atoms. The Balaban J connectivity index is 1.66. The summed E-state index contributed by atoms with van der Waals surface area (Å²) in [5.74, 6) is 0.206. The standard InChI is InChI=1S/C25H23FN2O3S/c1-18-8-13-24(19(2)14-18)25-15-22(27-31-25)17-28(16-20-9-11-21(26)12-10-20)32(29,30)23-6-4-3-5-7-23/h3-15H,16-17H2,1-2H3. The summed E-state index contributed by atoms with van der Waals surface area (Å²) in [5, 5.41) is 4.12. The highest BCUT2D eigenvalue weighted by molar-refractivity contribution is 7.89. The molecule has 0 spiro atoms. The van der Waals surface area contributed by atoms with Crippen molar-refractivity contribution in [3.8, 4) is 11.3 Å².